The predicted octanol–water partition coefficient (Wildman–Crippen LogP) is 3.07. The zero-order chi connectivity index (χ0) is 25.6. The van der Waals surface area contributed by atoms with Gasteiger partial charge in [-0.2, -0.15) is 0 Å². The fourth-order valence-electron chi connectivity index (χ4n) is 2.96. The van der Waals surface area contributed by atoms with Gasteiger partial charge in [-0.05, 0) is 76.6 Å². The van der Waals surface area contributed by atoms with Crippen molar-refractivity contribution in [1.29, 1.82) is 0 Å². The number of rotatable bonds is 8. The summed E-state index contributed by atoms with van der Waals surface area (Å²) in [6.07, 6.45) is 1.14. The number of ether oxygens (including phenoxy) is 3. The Morgan fingerprint density at radius 2 is 1.69 bits per heavy atom. The van der Waals surface area contributed by atoms with E-state index in [4.69, 9.17) is 19.0 Å². The fourth-order valence-corrected chi connectivity index (χ4v) is 2.96. The van der Waals surface area contributed by atoms with Gasteiger partial charge in [0.1, 0.15) is 28.5 Å². The highest BCUT2D eigenvalue weighted by atomic mass is 16.8. The van der Waals surface area contributed by atoms with Crippen molar-refractivity contribution in [2.75, 3.05) is 6.79 Å². The molecule has 0 aliphatic heterocycles. The molecule has 188 valence electrons. The minimum atomic E-state index is -0.923. The summed E-state index contributed by atoms with van der Waals surface area (Å²) >= 11 is 0. The van der Waals surface area contributed by atoms with Crippen LogP contribution in [-0.2, 0) is 20.7 Å². The molecule has 0 bridgehead atoms. The number of alkyl carbamates (subject to hydrolysis) is 1. The molecule has 1 atom stereocenters. The molecule has 0 spiro atoms. The summed E-state index contributed by atoms with van der Waals surface area (Å²) < 4.78 is 16.4. The van der Waals surface area contributed by atoms with Crippen molar-refractivity contribution in [3.63, 3.8) is 0 Å². The third-order valence-corrected chi connectivity index (χ3v) is 4.34. The Hall–Kier alpha value is -3.89. The maximum atomic E-state index is 12.7. The van der Waals surface area contributed by atoms with Crippen LogP contribution in [0.15, 0.2) is 42.6 Å². The van der Waals surface area contributed by atoms with Crippen molar-refractivity contribution >= 4 is 23.2 Å². The Balaban J connectivity index is 1.60. The second-order valence-corrected chi connectivity index (χ2v) is 9.78. The maximum absolute atomic E-state index is 12.7. The summed E-state index contributed by atoms with van der Waals surface area (Å²) in [6.45, 7) is 10.4. The van der Waals surface area contributed by atoms with Gasteiger partial charge < -0.3 is 24.4 Å². The summed E-state index contributed by atoms with van der Waals surface area (Å²) in [6, 6.07) is 9.67. The van der Waals surface area contributed by atoms with Crippen LogP contribution >= 0.6 is 0 Å². The Bertz CT molecular complexity index is 1150. The number of carbonyl (C=O) groups excluding carboxylic acids is 2. The number of hydrogen-bond acceptors (Lipinski definition) is 9. The number of amides is 1. The lowest BCUT2D eigenvalue weighted by Gasteiger charge is -2.26. The van der Waals surface area contributed by atoms with E-state index in [1.54, 1.807) is 84.1 Å². The minimum Gasteiger partial charge on any atom is -0.458 e. The van der Waals surface area contributed by atoms with E-state index in [0.717, 1.165) is 5.56 Å². The molecule has 0 aliphatic carbocycles. The van der Waals surface area contributed by atoms with Crippen LogP contribution in [0.4, 0.5) is 4.79 Å². The van der Waals surface area contributed by atoms with Gasteiger partial charge in [-0.1, -0.05) is 17.0 Å². The van der Waals surface area contributed by atoms with Crippen LogP contribution in [-0.4, -0.2) is 56.2 Å². The van der Waals surface area contributed by atoms with E-state index >= 15 is 0 Å². The van der Waals surface area contributed by atoms with Crippen molar-refractivity contribution in [1.82, 2.24) is 25.5 Å². The zero-order valence-electron chi connectivity index (χ0n) is 20.8. The average Bonchev–Trinajstić information content (AvgIpc) is 3.15. The Morgan fingerprint density at radius 1 is 1.00 bits per heavy atom. The highest BCUT2D eigenvalue weighted by Crippen LogP contribution is 2.16. The number of esters is 1. The Labute approximate surface area is 203 Å². The molecule has 0 fully saturated rings. The Kier molecular flexibility index (Phi) is 7.78. The van der Waals surface area contributed by atoms with Gasteiger partial charge in [-0.25, -0.2) is 14.6 Å². The lowest BCUT2D eigenvalue weighted by atomic mass is 10.1. The van der Waals surface area contributed by atoms with E-state index < -0.39 is 29.3 Å². The number of nitrogens with one attached hydrogen (secondary N) is 1. The molecule has 2 heterocycles. The summed E-state index contributed by atoms with van der Waals surface area (Å²) in [5.41, 5.74) is 0.485. The highest BCUT2D eigenvalue weighted by Gasteiger charge is 2.29. The Morgan fingerprint density at radius 3 is 2.34 bits per heavy atom. The van der Waals surface area contributed by atoms with E-state index in [2.05, 4.69) is 20.6 Å². The van der Waals surface area contributed by atoms with Crippen LogP contribution < -0.4 is 14.9 Å². The lowest BCUT2D eigenvalue weighted by molar-refractivity contribution is -0.157. The number of hydrogen-bond donors (Lipinski definition) is 1. The van der Waals surface area contributed by atoms with Gasteiger partial charge in [0.15, 0.2) is 0 Å². The molecular formula is C24H31N5O6. The smallest absolute Gasteiger partial charge is 0.408 e. The molecule has 1 aromatic carbocycles. The normalized spacial score (nSPS) is 12.6. The second kappa shape index (κ2) is 10.6. The van der Waals surface area contributed by atoms with Crippen molar-refractivity contribution in [3.05, 3.63) is 48.2 Å². The first kappa shape index (κ1) is 25.7. The van der Waals surface area contributed by atoms with Gasteiger partial charge in [0.25, 0.3) is 6.79 Å². The van der Waals surface area contributed by atoms with E-state index in [9.17, 15) is 9.59 Å². The minimum absolute atomic E-state index is 0.104. The molecule has 35 heavy (non-hydrogen) atoms. The lowest BCUT2D eigenvalue weighted by Crippen LogP contribution is -2.47. The van der Waals surface area contributed by atoms with E-state index in [-0.39, 0.29) is 13.2 Å². The second-order valence-electron chi connectivity index (χ2n) is 9.78. The summed E-state index contributed by atoms with van der Waals surface area (Å²) in [5.74, 6) is -0.00292. The van der Waals surface area contributed by atoms with Crippen LogP contribution in [0.2, 0.25) is 0 Å². The molecule has 1 N–H and O–H groups in total. The summed E-state index contributed by atoms with van der Waals surface area (Å²) in [5, 5.41) is 10.4. The molecule has 0 saturated carbocycles. The van der Waals surface area contributed by atoms with Crippen LogP contribution in [0, 0.1) is 0 Å². The van der Waals surface area contributed by atoms with Crippen LogP contribution in [0.5, 0.6) is 5.75 Å². The number of carbonyl (C=O) groups is 2. The molecule has 0 radical (unpaired) electrons. The van der Waals surface area contributed by atoms with E-state index in [0.29, 0.717) is 16.9 Å². The molecule has 2 aromatic heterocycles. The molecule has 11 nitrogen and oxygen atoms in total. The number of benzene rings is 1. The summed E-state index contributed by atoms with van der Waals surface area (Å²) in [4.78, 5) is 35.8. The third kappa shape index (κ3) is 8.13. The molecule has 0 aliphatic rings. The van der Waals surface area contributed by atoms with Crippen molar-refractivity contribution < 1.29 is 28.6 Å². The quantitative estimate of drug-likeness (QED) is 0.378. The van der Waals surface area contributed by atoms with Gasteiger partial charge in [0.05, 0.1) is 0 Å². The first-order valence-corrected chi connectivity index (χ1v) is 11.1. The van der Waals surface area contributed by atoms with Crippen LogP contribution in [0.3, 0.4) is 0 Å². The molecule has 3 rings (SSSR count). The largest absolute Gasteiger partial charge is 0.458 e. The number of pyridine rings is 1. The SMILES string of the molecule is CC(C)(C)OC(=O)N[C@H](Cc1ccc(OCOn2nnc3ncccc32)cc1)C(=O)OC(C)(C)C. The van der Waals surface area contributed by atoms with Gasteiger partial charge >= 0.3 is 12.1 Å². The highest BCUT2D eigenvalue weighted by molar-refractivity contribution is 5.82. The van der Waals surface area contributed by atoms with Crippen molar-refractivity contribution in [3.8, 4) is 5.75 Å². The third-order valence-electron chi connectivity index (χ3n) is 4.34. The van der Waals surface area contributed by atoms with Crippen LogP contribution in [0.1, 0.15) is 47.1 Å². The molecule has 0 saturated heterocycles. The fraction of sp³-hybridized carbons (Fsp3) is 0.458. The van der Waals surface area contributed by atoms with E-state index in [1.807, 2.05) is 0 Å². The predicted molar refractivity (Wildman–Crippen MR) is 127 cm³/mol. The van der Waals surface area contributed by atoms with Gasteiger partial charge in [0.2, 0.25) is 5.65 Å². The molecule has 1 amide bonds. The number of aromatic nitrogens is 4. The van der Waals surface area contributed by atoms with Crippen molar-refractivity contribution in [2.24, 2.45) is 0 Å². The molecular weight excluding hydrogens is 454 g/mol. The van der Waals surface area contributed by atoms with Crippen LogP contribution in [0.25, 0.3) is 11.2 Å². The number of nitrogens with zero attached hydrogens (tertiary/aromatic N) is 4. The van der Waals surface area contributed by atoms with Gasteiger partial charge in [0, 0.05) is 12.6 Å². The first-order chi connectivity index (χ1) is 16.4. The standard InChI is InChI=1S/C24H31N5O6/c1-23(2,3)34-21(30)18(26-22(31)35-24(4,5)6)14-16-9-11-17(12-10-16)32-15-33-29-19-8-7-13-25-20(19)27-28-29/h7-13,18H,14-15H2,1-6H3,(H,26,31)/t18-/m1/s1. The summed E-state index contributed by atoms with van der Waals surface area (Å²) in [7, 11) is 0. The average molecular weight is 486 g/mol. The van der Waals surface area contributed by atoms with Gasteiger partial charge in [-0.3, -0.25) is 0 Å². The first-order valence-electron chi connectivity index (χ1n) is 11.1. The zero-order valence-corrected chi connectivity index (χ0v) is 20.8. The van der Waals surface area contributed by atoms with Crippen molar-refractivity contribution in [2.45, 2.75) is 65.2 Å². The topological polar surface area (TPSA) is 127 Å². The van der Waals surface area contributed by atoms with Gasteiger partial charge in [-0.15, -0.1) is 5.10 Å². The monoisotopic (exact) mass is 485 g/mol. The van der Waals surface area contributed by atoms with E-state index in [1.165, 1.54) is 4.85 Å². The molecule has 11 heteroatoms. The molecule has 0 unspecified atom stereocenters. The molecule has 3 aromatic rings. The maximum Gasteiger partial charge on any atom is 0.408 e. The number of fused-ring (bicyclic) bond motifs is 1.